The van der Waals surface area contributed by atoms with E-state index in [0.29, 0.717) is 35.2 Å². The molecule has 0 saturated heterocycles. The van der Waals surface area contributed by atoms with Crippen molar-refractivity contribution in [1.29, 1.82) is 0 Å². The number of imide groups is 1. The normalized spacial score (nSPS) is 11.4. The van der Waals surface area contributed by atoms with Gasteiger partial charge in [0.15, 0.2) is 0 Å². The number of ether oxygens (including phenoxy) is 1. The van der Waals surface area contributed by atoms with Crippen LogP contribution in [0, 0.1) is 0 Å². The average Bonchev–Trinajstić information content (AvgIpc) is 3.47. The molecule has 0 aliphatic carbocycles. The van der Waals surface area contributed by atoms with Crippen LogP contribution in [0.15, 0.2) is 84.5 Å². The Morgan fingerprint density at radius 2 is 1.72 bits per heavy atom. The van der Waals surface area contributed by atoms with E-state index in [1.165, 1.54) is 11.3 Å². The van der Waals surface area contributed by atoms with Crippen LogP contribution in [0.1, 0.15) is 38.8 Å². The highest BCUT2D eigenvalue weighted by molar-refractivity contribution is 7.12. The Labute approximate surface area is 260 Å². The zero-order valence-corrected chi connectivity index (χ0v) is 25.4. The van der Waals surface area contributed by atoms with Gasteiger partial charge < -0.3 is 21.1 Å². The zero-order valence-electron chi connectivity index (χ0n) is 23.8. The highest BCUT2D eigenvalue weighted by Crippen LogP contribution is 2.22. The molecule has 43 heavy (non-hydrogen) atoms. The topological polar surface area (TPSA) is 127 Å². The number of nitrogens with two attached hydrogens (primary N) is 1. The number of benzene rings is 2. The number of pyridine rings is 1. The van der Waals surface area contributed by atoms with Gasteiger partial charge in [-0.1, -0.05) is 54.1 Å². The molecule has 1 atom stereocenters. The Hall–Kier alpha value is -4.25. The highest BCUT2D eigenvalue weighted by Gasteiger charge is 2.31. The summed E-state index contributed by atoms with van der Waals surface area (Å²) in [5.41, 5.74) is 9.17. The van der Waals surface area contributed by atoms with Crippen molar-refractivity contribution in [3.8, 4) is 5.75 Å². The molecule has 4 amide bonds. The minimum absolute atomic E-state index is 0.0812. The first-order chi connectivity index (χ1) is 20.9. The summed E-state index contributed by atoms with van der Waals surface area (Å²) in [6.45, 7) is 3.13. The standard InChI is InChI=1S/C32H34ClN5O4S/c1-2-42-26-11-9-22(10-12-26)18-28(37-30(39)29-27(33)14-17-43-29)31(40)38(16-13-24-4-3-15-35-20-24)32(41)36-21-25-7-5-23(19-34)6-8-25/h3-12,14-15,17,20,28H,2,13,16,18-19,21,34H2,1H3,(H,36,41)(H,37,39)/t28-/m1/s1. The molecule has 0 unspecified atom stereocenters. The smallest absolute Gasteiger partial charge is 0.324 e. The van der Waals surface area contributed by atoms with Crippen molar-refractivity contribution >= 4 is 40.8 Å². The number of carbonyl (C=O) groups is 3. The highest BCUT2D eigenvalue weighted by atomic mass is 35.5. The molecule has 0 bridgehead atoms. The summed E-state index contributed by atoms with van der Waals surface area (Å²) in [7, 11) is 0. The fourth-order valence-corrected chi connectivity index (χ4v) is 5.40. The SMILES string of the molecule is CCOc1ccc(C[C@@H](NC(=O)c2sccc2Cl)C(=O)N(CCc2cccnc2)C(=O)NCc2ccc(CN)cc2)cc1. The molecule has 9 nitrogen and oxygen atoms in total. The van der Waals surface area contributed by atoms with E-state index >= 15 is 0 Å². The van der Waals surface area contributed by atoms with Crippen molar-refractivity contribution in [1.82, 2.24) is 20.5 Å². The van der Waals surface area contributed by atoms with Crippen molar-refractivity contribution in [2.24, 2.45) is 5.73 Å². The molecule has 0 spiro atoms. The van der Waals surface area contributed by atoms with Gasteiger partial charge in [-0.25, -0.2) is 4.79 Å². The summed E-state index contributed by atoms with van der Waals surface area (Å²) in [6.07, 6.45) is 3.89. The second kappa shape index (κ2) is 15.8. The van der Waals surface area contributed by atoms with E-state index in [0.717, 1.165) is 27.2 Å². The second-order valence-electron chi connectivity index (χ2n) is 9.69. The molecule has 2 aromatic carbocycles. The summed E-state index contributed by atoms with van der Waals surface area (Å²) in [5.74, 6) is -0.341. The predicted octanol–water partition coefficient (Wildman–Crippen LogP) is 4.98. The van der Waals surface area contributed by atoms with Gasteiger partial charge in [-0.15, -0.1) is 11.3 Å². The largest absolute Gasteiger partial charge is 0.494 e. The van der Waals surface area contributed by atoms with Gasteiger partial charge in [-0.2, -0.15) is 0 Å². The van der Waals surface area contributed by atoms with Gasteiger partial charge in [0.05, 0.1) is 11.6 Å². The first-order valence-corrected chi connectivity index (χ1v) is 15.1. The van der Waals surface area contributed by atoms with E-state index in [2.05, 4.69) is 15.6 Å². The maximum Gasteiger partial charge on any atom is 0.324 e. The zero-order chi connectivity index (χ0) is 30.6. The van der Waals surface area contributed by atoms with Crippen LogP contribution in [-0.2, 0) is 30.7 Å². The summed E-state index contributed by atoms with van der Waals surface area (Å²) in [4.78, 5) is 46.5. The first-order valence-electron chi connectivity index (χ1n) is 13.9. The molecule has 0 fully saturated rings. The number of hydrogen-bond donors (Lipinski definition) is 3. The van der Waals surface area contributed by atoms with E-state index in [9.17, 15) is 14.4 Å². The number of carbonyl (C=O) groups excluding carboxylic acids is 3. The molecule has 0 saturated carbocycles. The molecule has 0 radical (unpaired) electrons. The number of halogens is 1. The van der Waals surface area contributed by atoms with E-state index in [1.54, 1.807) is 42.0 Å². The first kappa shape index (κ1) is 31.7. The van der Waals surface area contributed by atoms with Crippen molar-refractivity contribution in [2.75, 3.05) is 13.2 Å². The number of thiophene rings is 1. The molecular weight excluding hydrogens is 586 g/mol. The minimum atomic E-state index is -1.05. The molecule has 4 N–H and O–H groups in total. The number of hydrogen-bond acceptors (Lipinski definition) is 7. The van der Waals surface area contributed by atoms with E-state index in [4.69, 9.17) is 22.1 Å². The molecule has 224 valence electrons. The van der Waals surface area contributed by atoms with Crippen LogP contribution in [0.3, 0.4) is 0 Å². The van der Waals surface area contributed by atoms with Crippen LogP contribution in [0.2, 0.25) is 5.02 Å². The Morgan fingerprint density at radius 1 is 1.00 bits per heavy atom. The Bertz CT molecular complexity index is 1500. The number of nitrogens with zero attached hydrogens (tertiary/aromatic N) is 2. The van der Waals surface area contributed by atoms with Gasteiger partial charge in [0.2, 0.25) is 0 Å². The molecule has 2 heterocycles. The molecule has 4 rings (SSSR count). The van der Waals surface area contributed by atoms with Crippen LogP contribution >= 0.6 is 22.9 Å². The second-order valence-corrected chi connectivity index (χ2v) is 11.0. The minimum Gasteiger partial charge on any atom is -0.494 e. The molecule has 0 aliphatic heterocycles. The maximum absolute atomic E-state index is 14.1. The van der Waals surface area contributed by atoms with Gasteiger partial charge >= 0.3 is 6.03 Å². The average molecular weight is 620 g/mol. The molecular formula is C32H34ClN5O4S. The van der Waals surface area contributed by atoms with Crippen molar-refractivity contribution in [2.45, 2.75) is 38.9 Å². The van der Waals surface area contributed by atoms with E-state index < -0.39 is 23.9 Å². The van der Waals surface area contributed by atoms with Crippen LogP contribution in [0.25, 0.3) is 0 Å². The number of urea groups is 1. The number of aromatic nitrogens is 1. The fraction of sp³-hybridized carbons (Fsp3) is 0.250. The summed E-state index contributed by atoms with van der Waals surface area (Å²) >= 11 is 7.39. The summed E-state index contributed by atoms with van der Waals surface area (Å²) in [6, 6.07) is 18.5. The lowest BCUT2D eigenvalue weighted by Gasteiger charge is -2.27. The molecule has 4 aromatic rings. The fourth-order valence-electron chi connectivity index (χ4n) is 4.36. The van der Waals surface area contributed by atoms with Gasteiger partial charge in [0.25, 0.3) is 11.8 Å². The predicted molar refractivity (Wildman–Crippen MR) is 168 cm³/mol. The summed E-state index contributed by atoms with van der Waals surface area (Å²) in [5, 5.41) is 7.68. The summed E-state index contributed by atoms with van der Waals surface area (Å²) < 4.78 is 5.54. The Balaban J connectivity index is 1.58. The third-order valence-corrected chi connectivity index (χ3v) is 8.00. The third kappa shape index (κ3) is 9.12. The maximum atomic E-state index is 14.1. The van der Waals surface area contributed by atoms with Crippen molar-refractivity contribution < 1.29 is 19.1 Å². The van der Waals surface area contributed by atoms with Crippen LogP contribution < -0.4 is 21.1 Å². The quantitative estimate of drug-likeness (QED) is 0.194. The van der Waals surface area contributed by atoms with Gasteiger partial charge in [-0.05, 0) is 65.2 Å². The van der Waals surface area contributed by atoms with Crippen LogP contribution in [0.5, 0.6) is 5.75 Å². The number of rotatable bonds is 13. The lowest BCUT2D eigenvalue weighted by molar-refractivity contribution is -0.130. The number of amides is 4. The monoisotopic (exact) mass is 619 g/mol. The van der Waals surface area contributed by atoms with Crippen LogP contribution in [-0.4, -0.2) is 46.9 Å². The lowest BCUT2D eigenvalue weighted by atomic mass is 10.0. The van der Waals surface area contributed by atoms with Gasteiger partial charge in [-0.3, -0.25) is 19.5 Å². The molecule has 11 heteroatoms. The Kier molecular flexibility index (Phi) is 11.7. The molecule has 0 aliphatic rings. The van der Waals surface area contributed by atoms with E-state index in [-0.39, 0.29) is 19.5 Å². The Morgan fingerprint density at radius 3 is 2.35 bits per heavy atom. The lowest BCUT2D eigenvalue weighted by Crippen LogP contribution is -2.54. The van der Waals surface area contributed by atoms with Crippen molar-refractivity contribution in [3.05, 3.63) is 117 Å². The number of nitrogens with one attached hydrogen (secondary N) is 2. The third-order valence-electron chi connectivity index (χ3n) is 6.66. The van der Waals surface area contributed by atoms with Crippen LogP contribution in [0.4, 0.5) is 4.79 Å². The molecule has 2 aromatic heterocycles. The van der Waals surface area contributed by atoms with E-state index in [1.807, 2.05) is 49.4 Å². The van der Waals surface area contributed by atoms with Crippen molar-refractivity contribution in [3.63, 3.8) is 0 Å². The van der Waals surface area contributed by atoms with Gasteiger partial charge in [0.1, 0.15) is 16.7 Å². The van der Waals surface area contributed by atoms with Gasteiger partial charge in [0, 0.05) is 38.4 Å².